The summed E-state index contributed by atoms with van der Waals surface area (Å²) in [5, 5.41) is 1.68. The molecule has 150 valence electrons. The molecule has 0 aromatic heterocycles. The van der Waals surface area contributed by atoms with Gasteiger partial charge in [0.25, 0.3) is 0 Å². The summed E-state index contributed by atoms with van der Waals surface area (Å²) < 4.78 is 11.1. The largest absolute Gasteiger partial charge is 0.496 e. The zero-order valence-electron chi connectivity index (χ0n) is 17.1. The van der Waals surface area contributed by atoms with Gasteiger partial charge < -0.3 is 9.47 Å². The molecule has 0 bridgehead atoms. The van der Waals surface area contributed by atoms with Gasteiger partial charge in [-0.2, -0.15) is 0 Å². The SMILES string of the molecule is COc1ccc(N(N)c2ccc(OC)c(-c3ccccc3)c2)cc1-c1ccccc1. The maximum atomic E-state index is 6.55. The summed E-state index contributed by atoms with van der Waals surface area (Å²) in [6.07, 6.45) is 0. The summed E-state index contributed by atoms with van der Waals surface area (Å²) in [5.74, 6) is 8.15. The Labute approximate surface area is 177 Å². The minimum atomic E-state index is 0.804. The van der Waals surface area contributed by atoms with E-state index in [0.29, 0.717) is 0 Å². The standard InChI is InChI=1S/C26H24N2O2/c1-29-25-15-13-21(17-23(25)19-9-5-3-6-10-19)28(27)22-14-16-26(30-2)24(18-22)20-11-7-4-8-12-20/h3-18H,27H2,1-2H3. The Hall–Kier alpha value is -3.76. The number of nitrogens with zero attached hydrogens (tertiary/aromatic N) is 1. The molecule has 30 heavy (non-hydrogen) atoms. The lowest BCUT2D eigenvalue weighted by atomic mass is 10.0. The first kappa shape index (κ1) is 19.6. The van der Waals surface area contributed by atoms with Crippen LogP contribution in [0.25, 0.3) is 22.3 Å². The average molecular weight is 396 g/mol. The van der Waals surface area contributed by atoms with Gasteiger partial charge in [-0.15, -0.1) is 0 Å². The van der Waals surface area contributed by atoms with Crippen LogP contribution in [0.15, 0.2) is 97.1 Å². The average Bonchev–Trinajstić information content (AvgIpc) is 2.84. The summed E-state index contributed by atoms with van der Waals surface area (Å²) >= 11 is 0. The number of anilines is 2. The summed E-state index contributed by atoms with van der Waals surface area (Å²) in [4.78, 5) is 0. The smallest absolute Gasteiger partial charge is 0.126 e. The van der Waals surface area contributed by atoms with E-state index in [1.54, 1.807) is 19.2 Å². The molecule has 0 amide bonds. The summed E-state index contributed by atoms with van der Waals surface area (Å²) in [7, 11) is 3.36. The van der Waals surface area contributed by atoms with Gasteiger partial charge in [0, 0.05) is 11.1 Å². The molecular formula is C26H24N2O2. The number of methoxy groups -OCH3 is 2. The van der Waals surface area contributed by atoms with Crippen LogP contribution in [-0.4, -0.2) is 14.2 Å². The third-order valence-electron chi connectivity index (χ3n) is 5.09. The molecule has 4 rings (SSSR count). The minimum Gasteiger partial charge on any atom is -0.496 e. The first-order valence-corrected chi connectivity index (χ1v) is 9.73. The fourth-order valence-electron chi connectivity index (χ4n) is 3.53. The van der Waals surface area contributed by atoms with Crippen molar-refractivity contribution in [3.8, 4) is 33.8 Å². The van der Waals surface area contributed by atoms with Crippen molar-refractivity contribution in [1.82, 2.24) is 0 Å². The Morgan fingerprint density at radius 3 is 1.33 bits per heavy atom. The molecule has 0 saturated heterocycles. The predicted molar refractivity (Wildman–Crippen MR) is 123 cm³/mol. The predicted octanol–water partition coefficient (Wildman–Crippen LogP) is 6.05. The third-order valence-corrected chi connectivity index (χ3v) is 5.09. The van der Waals surface area contributed by atoms with E-state index in [0.717, 1.165) is 45.1 Å². The molecule has 0 aliphatic carbocycles. The van der Waals surface area contributed by atoms with Gasteiger partial charge in [-0.1, -0.05) is 60.7 Å². The first-order valence-electron chi connectivity index (χ1n) is 9.73. The van der Waals surface area contributed by atoms with Gasteiger partial charge in [-0.05, 0) is 47.5 Å². The van der Waals surface area contributed by atoms with E-state index in [9.17, 15) is 0 Å². The molecule has 4 nitrogen and oxygen atoms in total. The van der Waals surface area contributed by atoms with E-state index in [4.69, 9.17) is 15.3 Å². The van der Waals surface area contributed by atoms with Gasteiger partial charge in [-0.3, -0.25) is 5.01 Å². The number of ether oxygens (including phenoxy) is 2. The van der Waals surface area contributed by atoms with Crippen LogP contribution in [0.3, 0.4) is 0 Å². The van der Waals surface area contributed by atoms with Crippen molar-refractivity contribution < 1.29 is 9.47 Å². The summed E-state index contributed by atoms with van der Waals surface area (Å²) in [5.41, 5.74) is 5.84. The van der Waals surface area contributed by atoms with Gasteiger partial charge in [-0.25, -0.2) is 5.84 Å². The van der Waals surface area contributed by atoms with Gasteiger partial charge in [0.05, 0.1) is 25.6 Å². The van der Waals surface area contributed by atoms with Crippen molar-refractivity contribution in [1.29, 1.82) is 0 Å². The monoisotopic (exact) mass is 396 g/mol. The van der Waals surface area contributed by atoms with E-state index in [-0.39, 0.29) is 0 Å². The van der Waals surface area contributed by atoms with E-state index >= 15 is 0 Å². The molecule has 0 heterocycles. The summed E-state index contributed by atoms with van der Waals surface area (Å²) in [6.45, 7) is 0. The molecule has 0 atom stereocenters. The number of nitrogens with two attached hydrogens (primary N) is 1. The fourth-order valence-corrected chi connectivity index (χ4v) is 3.53. The summed E-state index contributed by atoms with van der Waals surface area (Å²) in [6, 6.07) is 32.2. The van der Waals surface area contributed by atoms with Crippen molar-refractivity contribution >= 4 is 11.4 Å². The van der Waals surface area contributed by atoms with Crippen molar-refractivity contribution in [2.24, 2.45) is 5.84 Å². The van der Waals surface area contributed by atoms with Crippen LogP contribution in [0.5, 0.6) is 11.5 Å². The second-order valence-corrected chi connectivity index (χ2v) is 6.87. The maximum absolute atomic E-state index is 6.55. The molecule has 4 aromatic carbocycles. The number of hydrazine groups is 1. The highest BCUT2D eigenvalue weighted by atomic mass is 16.5. The van der Waals surface area contributed by atoms with Gasteiger partial charge in [0.2, 0.25) is 0 Å². The highest BCUT2D eigenvalue weighted by Crippen LogP contribution is 2.37. The fraction of sp³-hybridized carbons (Fsp3) is 0.0769. The molecule has 0 aliphatic rings. The lowest BCUT2D eigenvalue weighted by Crippen LogP contribution is -2.25. The number of hydrogen-bond acceptors (Lipinski definition) is 4. The van der Waals surface area contributed by atoms with E-state index < -0.39 is 0 Å². The molecular weight excluding hydrogens is 372 g/mol. The second-order valence-electron chi connectivity index (χ2n) is 6.87. The van der Waals surface area contributed by atoms with Crippen LogP contribution in [-0.2, 0) is 0 Å². The Kier molecular flexibility index (Phi) is 5.68. The topological polar surface area (TPSA) is 47.7 Å². The van der Waals surface area contributed by atoms with Gasteiger partial charge >= 0.3 is 0 Å². The lowest BCUT2D eigenvalue weighted by molar-refractivity contribution is 0.416. The van der Waals surface area contributed by atoms with Crippen LogP contribution in [0.4, 0.5) is 11.4 Å². The van der Waals surface area contributed by atoms with Crippen LogP contribution in [0.1, 0.15) is 0 Å². The molecule has 0 unspecified atom stereocenters. The maximum Gasteiger partial charge on any atom is 0.126 e. The number of hydrogen-bond donors (Lipinski definition) is 1. The Morgan fingerprint density at radius 1 is 0.567 bits per heavy atom. The van der Waals surface area contributed by atoms with E-state index in [2.05, 4.69) is 24.3 Å². The van der Waals surface area contributed by atoms with E-state index in [1.807, 2.05) is 72.8 Å². The van der Waals surface area contributed by atoms with Crippen LogP contribution in [0.2, 0.25) is 0 Å². The van der Waals surface area contributed by atoms with E-state index in [1.165, 1.54) is 0 Å². The van der Waals surface area contributed by atoms with Crippen molar-refractivity contribution in [2.45, 2.75) is 0 Å². The van der Waals surface area contributed by atoms with Gasteiger partial charge in [0.15, 0.2) is 0 Å². The zero-order chi connectivity index (χ0) is 20.9. The highest BCUT2D eigenvalue weighted by Gasteiger charge is 2.14. The van der Waals surface area contributed by atoms with Crippen molar-refractivity contribution in [3.05, 3.63) is 97.1 Å². The van der Waals surface area contributed by atoms with Crippen LogP contribution in [0, 0.1) is 0 Å². The van der Waals surface area contributed by atoms with Gasteiger partial charge in [0.1, 0.15) is 11.5 Å². The minimum absolute atomic E-state index is 0.804. The molecule has 0 aliphatic heterocycles. The Morgan fingerprint density at radius 2 is 0.967 bits per heavy atom. The molecule has 0 radical (unpaired) electrons. The van der Waals surface area contributed by atoms with Crippen molar-refractivity contribution in [3.63, 3.8) is 0 Å². The normalized spacial score (nSPS) is 10.5. The number of rotatable bonds is 6. The quantitative estimate of drug-likeness (QED) is 0.318. The first-order chi connectivity index (χ1) is 14.7. The Bertz CT molecular complexity index is 1040. The van der Waals surface area contributed by atoms with Crippen molar-refractivity contribution in [2.75, 3.05) is 19.2 Å². The van der Waals surface area contributed by atoms with Crippen LogP contribution < -0.4 is 20.3 Å². The number of benzene rings is 4. The molecule has 0 fully saturated rings. The second kappa shape index (κ2) is 8.72. The molecule has 4 aromatic rings. The third kappa shape index (κ3) is 3.86. The zero-order valence-corrected chi connectivity index (χ0v) is 17.1. The Balaban J connectivity index is 1.76. The lowest BCUT2D eigenvalue weighted by Gasteiger charge is -2.22. The molecule has 0 spiro atoms. The highest BCUT2D eigenvalue weighted by molar-refractivity contribution is 5.79. The molecule has 4 heteroatoms. The molecule has 0 saturated carbocycles. The molecule has 2 N–H and O–H groups in total. The van der Waals surface area contributed by atoms with Crippen LogP contribution >= 0.6 is 0 Å².